The highest BCUT2D eigenvalue weighted by atomic mass is 79.9. The van der Waals surface area contributed by atoms with Gasteiger partial charge in [-0.1, -0.05) is 15.9 Å². The zero-order valence-electron chi connectivity index (χ0n) is 10.7. The normalized spacial score (nSPS) is 20.5. The Balaban J connectivity index is 2.14. The van der Waals surface area contributed by atoms with Gasteiger partial charge < -0.3 is 4.74 Å². The molecule has 0 radical (unpaired) electrons. The SMILES string of the molecule is Cc1cc2c(cc1Br)c(C)nn2C1CCCCO1. The maximum atomic E-state index is 5.84. The van der Waals surface area contributed by atoms with Crippen LogP contribution in [-0.2, 0) is 4.74 Å². The van der Waals surface area contributed by atoms with Gasteiger partial charge in [-0.05, 0) is 50.8 Å². The summed E-state index contributed by atoms with van der Waals surface area (Å²) in [6.07, 6.45) is 3.56. The molecule has 4 heteroatoms. The summed E-state index contributed by atoms with van der Waals surface area (Å²) in [7, 11) is 0. The summed E-state index contributed by atoms with van der Waals surface area (Å²) in [6, 6.07) is 4.35. The van der Waals surface area contributed by atoms with Crippen LogP contribution in [0.4, 0.5) is 0 Å². The Labute approximate surface area is 115 Å². The number of halogens is 1. The van der Waals surface area contributed by atoms with Crippen LogP contribution in [0.2, 0.25) is 0 Å². The van der Waals surface area contributed by atoms with Crippen molar-refractivity contribution in [2.45, 2.75) is 39.3 Å². The number of rotatable bonds is 1. The average molecular weight is 309 g/mol. The van der Waals surface area contributed by atoms with Gasteiger partial charge in [-0.25, -0.2) is 4.68 Å². The molecule has 2 heterocycles. The Bertz CT molecular complexity index is 585. The fourth-order valence-electron chi connectivity index (χ4n) is 2.55. The highest BCUT2D eigenvalue weighted by molar-refractivity contribution is 9.10. The number of hydrogen-bond donors (Lipinski definition) is 0. The van der Waals surface area contributed by atoms with Gasteiger partial charge in [0.25, 0.3) is 0 Å². The van der Waals surface area contributed by atoms with Crippen LogP contribution in [0, 0.1) is 13.8 Å². The summed E-state index contributed by atoms with van der Waals surface area (Å²) in [5.41, 5.74) is 3.49. The van der Waals surface area contributed by atoms with E-state index in [9.17, 15) is 0 Å². The van der Waals surface area contributed by atoms with Crippen molar-refractivity contribution in [2.75, 3.05) is 6.61 Å². The first-order valence-corrected chi connectivity index (χ1v) is 7.22. The molecule has 0 saturated carbocycles. The lowest BCUT2D eigenvalue weighted by Crippen LogP contribution is -2.19. The quantitative estimate of drug-likeness (QED) is 0.792. The van der Waals surface area contributed by atoms with Crippen molar-refractivity contribution >= 4 is 26.8 Å². The molecule has 1 aromatic heterocycles. The number of hydrogen-bond acceptors (Lipinski definition) is 2. The van der Waals surface area contributed by atoms with Crippen LogP contribution in [0.25, 0.3) is 10.9 Å². The number of fused-ring (bicyclic) bond motifs is 1. The molecule has 0 spiro atoms. The van der Waals surface area contributed by atoms with Crippen molar-refractivity contribution in [1.29, 1.82) is 0 Å². The molecule has 1 aliphatic rings. The van der Waals surface area contributed by atoms with Crippen LogP contribution >= 0.6 is 15.9 Å². The van der Waals surface area contributed by atoms with Gasteiger partial charge >= 0.3 is 0 Å². The van der Waals surface area contributed by atoms with Crippen molar-refractivity contribution < 1.29 is 4.74 Å². The molecule has 1 aromatic carbocycles. The van der Waals surface area contributed by atoms with E-state index < -0.39 is 0 Å². The largest absolute Gasteiger partial charge is 0.356 e. The van der Waals surface area contributed by atoms with E-state index in [2.05, 4.69) is 51.7 Å². The molecule has 96 valence electrons. The fraction of sp³-hybridized carbons (Fsp3) is 0.500. The highest BCUT2D eigenvalue weighted by Crippen LogP contribution is 2.31. The van der Waals surface area contributed by atoms with Gasteiger partial charge in [-0.15, -0.1) is 0 Å². The number of aromatic nitrogens is 2. The van der Waals surface area contributed by atoms with E-state index >= 15 is 0 Å². The number of nitrogens with zero attached hydrogens (tertiary/aromatic N) is 2. The minimum Gasteiger partial charge on any atom is -0.356 e. The van der Waals surface area contributed by atoms with Gasteiger partial charge in [-0.2, -0.15) is 5.10 Å². The summed E-state index contributed by atoms with van der Waals surface area (Å²) < 4.78 is 9.04. The Hall–Kier alpha value is -0.870. The summed E-state index contributed by atoms with van der Waals surface area (Å²) >= 11 is 3.59. The number of aryl methyl sites for hydroxylation is 2. The lowest BCUT2D eigenvalue weighted by atomic mass is 10.1. The molecule has 1 fully saturated rings. The van der Waals surface area contributed by atoms with Gasteiger partial charge in [0.1, 0.15) is 0 Å². The molecule has 0 N–H and O–H groups in total. The van der Waals surface area contributed by atoms with Gasteiger partial charge in [0.05, 0.1) is 11.2 Å². The van der Waals surface area contributed by atoms with Gasteiger partial charge in [0.2, 0.25) is 0 Å². The number of ether oxygens (including phenoxy) is 1. The van der Waals surface area contributed by atoms with E-state index in [0.29, 0.717) is 0 Å². The lowest BCUT2D eigenvalue weighted by Gasteiger charge is -2.23. The van der Waals surface area contributed by atoms with E-state index in [1.54, 1.807) is 0 Å². The standard InChI is InChI=1S/C14H17BrN2O/c1-9-7-13-11(8-12(9)15)10(2)16-17(13)14-5-3-4-6-18-14/h7-8,14H,3-6H2,1-2H3. The first kappa shape index (κ1) is 12.2. The molecule has 0 bridgehead atoms. The van der Waals surface area contributed by atoms with Crippen LogP contribution in [0.1, 0.15) is 36.7 Å². The molecule has 2 aromatic rings. The third-order valence-corrected chi connectivity index (χ3v) is 4.45. The predicted octanol–water partition coefficient (Wildman–Crippen LogP) is 4.11. The molecule has 3 rings (SSSR count). The van der Waals surface area contributed by atoms with Gasteiger partial charge in [0.15, 0.2) is 6.23 Å². The van der Waals surface area contributed by atoms with Crippen molar-refractivity contribution in [3.63, 3.8) is 0 Å². The van der Waals surface area contributed by atoms with Crippen LogP contribution in [0.5, 0.6) is 0 Å². The Morgan fingerprint density at radius 3 is 2.89 bits per heavy atom. The smallest absolute Gasteiger partial charge is 0.150 e. The van der Waals surface area contributed by atoms with Gasteiger partial charge in [-0.3, -0.25) is 0 Å². The molecule has 0 aliphatic carbocycles. The lowest BCUT2D eigenvalue weighted by molar-refractivity contribution is -0.0368. The maximum Gasteiger partial charge on any atom is 0.150 e. The minimum absolute atomic E-state index is 0.107. The fourth-order valence-corrected chi connectivity index (χ4v) is 2.89. The van der Waals surface area contributed by atoms with Crippen LogP contribution in [0.15, 0.2) is 16.6 Å². The maximum absolute atomic E-state index is 5.84. The molecule has 0 amide bonds. The monoisotopic (exact) mass is 308 g/mol. The van der Waals surface area contributed by atoms with Crippen LogP contribution < -0.4 is 0 Å². The van der Waals surface area contributed by atoms with E-state index in [1.807, 2.05) is 0 Å². The summed E-state index contributed by atoms with van der Waals surface area (Å²) in [5, 5.41) is 5.88. The summed E-state index contributed by atoms with van der Waals surface area (Å²) in [4.78, 5) is 0. The molecule has 3 nitrogen and oxygen atoms in total. The molecule has 1 aliphatic heterocycles. The second-order valence-corrected chi connectivity index (χ2v) is 5.82. The summed E-state index contributed by atoms with van der Waals surface area (Å²) in [6.45, 7) is 5.02. The van der Waals surface area contributed by atoms with Crippen molar-refractivity contribution in [3.05, 3.63) is 27.9 Å². The third-order valence-electron chi connectivity index (χ3n) is 3.60. The molecule has 1 atom stereocenters. The Morgan fingerprint density at radius 1 is 1.33 bits per heavy atom. The van der Waals surface area contributed by atoms with Crippen LogP contribution in [0.3, 0.4) is 0 Å². The average Bonchev–Trinajstić information content (AvgIpc) is 2.69. The Morgan fingerprint density at radius 2 is 2.17 bits per heavy atom. The topological polar surface area (TPSA) is 27.1 Å². The second-order valence-electron chi connectivity index (χ2n) is 4.97. The second kappa shape index (κ2) is 4.67. The predicted molar refractivity (Wildman–Crippen MR) is 75.7 cm³/mol. The van der Waals surface area contributed by atoms with E-state index in [4.69, 9.17) is 4.74 Å². The molecule has 1 saturated heterocycles. The summed E-state index contributed by atoms with van der Waals surface area (Å²) in [5.74, 6) is 0. The van der Waals surface area contributed by atoms with E-state index in [1.165, 1.54) is 29.3 Å². The minimum atomic E-state index is 0.107. The molecular weight excluding hydrogens is 292 g/mol. The molecule has 18 heavy (non-hydrogen) atoms. The van der Waals surface area contributed by atoms with Crippen LogP contribution in [-0.4, -0.2) is 16.4 Å². The van der Waals surface area contributed by atoms with Gasteiger partial charge in [0, 0.05) is 16.5 Å². The van der Waals surface area contributed by atoms with Crippen molar-refractivity contribution in [1.82, 2.24) is 9.78 Å². The Kier molecular flexibility index (Phi) is 3.16. The third kappa shape index (κ3) is 1.97. The molecular formula is C14H17BrN2O. The van der Waals surface area contributed by atoms with Crippen molar-refractivity contribution in [2.24, 2.45) is 0 Å². The first-order chi connectivity index (χ1) is 8.66. The van der Waals surface area contributed by atoms with E-state index in [-0.39, 0.29) is 6.23 Å². The van der Waals surface area contributed by atoms with Crippen molar-refractivity contribution in [3.8, 4) is 0 Å². The zero-order chi connectivity index (χ0) is 12.7. The molecule has 1 unspecified atom stereocenters. The number of benzene rings is 1. The van der Waals surface area contributed by atoms with E-state index in [0.717, 1.165) is 23.2 Å². The highest BCUT2D eigenvalue weighted by Gasteiger charge is 2.20. The first-order valence-electron chi connectivity index (χ1n) is 6.43. The zero-order valence-corrected chi connectivity index (χ0v) is 12.3.